The van der Waals surface area contributed by atoms with Crippen molar-refractivity contribution in [1.29, 1.82) is 0 Å². The number of amides is 1. The zero-order valence-corrected chi connectivity index (χ0v) is 8.73. The molecule has 1 unspecified atom stereocenters. The molecule has 0 spiro atoms. The molecule has 16 heavy (non-hydrogen) atoms. The molecule has 0 saturated heterocycles. The summed E-state index contributed by atoms with van der Waals surface area (Å²) in [5, 5.41) is 1.10. The summed E-state index contributed by atoms with van der Waals surface area (Å²) in [6.07, 6.45) is 7.42. The molecule has 0 aliphatic carbocycles. The van der Waals surface area contributed by atoms with Crippen molar-refractivity contribution in [2.45, 2.75) is 12.3 Å². The summed E-state index contributed by atoms with van der Waals surface area (Å²) in [6.45, 7) is 0. The van der Waals surface area contributed by atoms with Gasteiger partial charge in [0.05, 0.1) is 5.92 Å². The molecule has 80 valence electrons. The van der Waals surface area contributed by atoms with Crippen LogP contribution in [0.5, 0.6) is 0 Å². The lowest BCUT2D eigenvalue weighted by atomic mass is 9.95. The van der Waals surface area contributed by atoms with Gasteiger partial charge in [-0.1, -0.05) is 12.1 Å². The van der Waals surface area contributed by atoms with E-state index in [-0.39, 0.29) is 5.91 Å². The van der Waals surface area contributed by atoms with E-state index in [1.807, 2.05) is 30.5 Å². The third-order valence-corrected chi connectivity index (χ3v) is 2.65. The maximum absolute atomic E-state index is 11.3. The van der Waals surface area contributed by atoms with Crippen molar-refractivity contribution in [2.75, 3.05) is 0 Å². The van der Waals surface area contributed by atoms with E-state index in [0.29, 0.717) is 6.42 Å². The largest absolute Gasteiger partial charge is 0.369 e. The molecule has 1 atom stereocenters. The summed E-state index contributed by atoms with van der Waals surface area (Å²) in [5.41, 5.74) is 7.18. The quantitative estimate of drug-likeness (QED) is 0.748. The summed E-state index contributed by atoms with van der Waals surface area (Å²) in [7, 11) is 0. The number of aromatic amines is 1. The maximum atomic E-state index is 11.3. The molecular weight excluding hydrogens is 200 g/mol. The van der Waals surface area contributed by atoms with E-state index in [0.717, 1.165) is 16.5 Å². The zero-order valence-electron chi connectivity index (χ0n) is 8.73. The first-order valence-electron chi connectivity index (χ1n) is 5.02. The average molecular weight is 212 g/mol. The number of hydrogen-bond donors (Lipinski definition) is 2. The number of hydrogen-bond acceptors (Lipinski definition) is 1. The van der Waals surface area contributed by atoms with Crippen molar-refractivity contribution >= 4 is 16.8 Å². The normalized spacial score (nSPS) is 12.2. The number of rotatable bonds is 3. The first-order chi connectivity index (χ1) is 7.72. The standard InChI is InChI=1S/C13H12N2O/c1-2-3-11(13(14)16)10-5-4-9-6-7-15-12(9)8-10/h1,4-8,11,15H,3H2,(H2,14,16). The summed E-state index contributed by atoms with van der Waals surface area (Å²) in [6, 6.07) is 7.73. The fraction of sp³-hybridized carbons (Fsp3) is 0.154. The number of carbonyl (C=O) groups excluding carboxylic acids is 1. The van der Waals surface area contributed by atoms with Gasteiger partial charge in [0, 0.05) is 18.1 Å². The van der Waals surface area contributed by atoms with Crippen molar-refractivity contribution in [3.05, 3.63) is 36.0 Å². The number of aromatic nitrogens is 1. The Morgan fingerprint density at radius 1 is 1.50 bits per heavy atom. The lowest BCUT2D eigenvalue weighted by Crippen LogP contribution is -2.21. The van der Waals surface area contributed by atoms with Crippen molar-refractivity contribution in [1.82, 2.24) is 4.98 Å². The first kappa shape index (κ1) is 10.3. The zero-order chi connectivity index (χ0) is 11.5. The van der Waals surface area contributed by atoms with Gasteiger partial charge in [0.25, 0.3) is 0 Å². The fourth-order valence-corrected chi connectivity index (χ4v) is 1.78. The second-order valence-electron chi connectivity index (χ2n) is 3.69. The second-order valence-corrected chi connectivity index (χ2v) is 3.69. The molecule has 3 heteroatoms. The number of primary amides is 1. The molecule has 0 saturated carbocycles. The SMILES string of the molecule is C#CCC(C(N)=O)c1ccc2cc[nH]c2c1. The Morgan fingerprint density at radius 3 is 3.00 bits per heavy atom. The predicted octanol–water partition coefficient (Wildman–Crippen LogP) is 1.76. The van der Waals surface area contributed by atoms with Gasteiger partial charge in [0.2, 0.25) is 5.91 Å². The van der Waals surface area contributed by atoms with E-state index in [1.165, 1.54) is 0 Å². The van der Waals surface area contributed by atoms with Gasteiger partial charge in [-0.25, -0.2) is 0 Å². The van der Waals surface area contributed by atoms with Gasteiger partial charge >= 0.3 is 0 Å². The van der Waals surface area contributed by atoms with E-state index in [2.05, 4.69) is 10.9 Å². The molecule has 1 heterocycles. The Hall–Kier alpha value is -2.21. The van der Waals surface area contributed by atoms with E-state index >= 15 is 0 Å². The number of nitrogens with one attached hydrogen (secondary N) is 1. The molecule has 0 aliphatic heterocycles. The number of nitrogens with two attached hydrogens (primary N) is 1. The number of benzene rings is 1. The lowest BCUT2D eigenvalue weighted by molar-refractivity contribution is -0.119. The summed E-state index contributed by atoms with van der Waals surface area (Å²) >= 11 is 0. The van der Waals surface area contributed by atoms with Crippen LogP contribution in [0.2, 0.25) is 0 Å². The highest BCUT2D eigenvalue weighted by Gasteiger charge is 2.16. The highest BCUT2D eigenvalue weighted by atomic mass is 16.1. The highest BCUT2D eigenvalue weighted by Crippen LogP contribution is 2.23. The highest BCUT2D eigenvalue weighted by molar-refractivity contribution is 5.85. The van der Waals surface area contributed by atoms with Crippen molar-refractivity contribution in [2.24, 2.45) is 5.73 Å². The van der Waals surface area contributed by atoms with E-state index in [9.17, 15) is 4.79 Å². The Balaban J connectivity index is 2.44. The molecule has 2 aromatic rings. The Labute approximate surface area is 93.6 Å². The molecule has 1 amide bonds. The van der Waals surface area contributed by atoms with Gasteiger partial charge in [0.1, 0.15) is 0 Å². The van der Waals surface area contributed by atoms with Crippen LogP contribution in [-0.2, 0) is 4.79 Å². The molecule has 1 aromatic heterocycles. The number of terminal acetylenes is 1. The Kier molecular flexibility index (Phi) is 2.65. The van der Waals surface area contributed by atoms with Crippen LogP contribution < -0.4 is 5.73 Å². The van der Waals surface area contributed by atoms with E-state index < -0.39 is 5.92 Å². The van der Waals surface area contributed by atoms with Crippen molar-refractivity contribution in [3.63, 3.8) is 0 Å². The molecule has 3 N–H and O–H groups in total. The molecule has 1 aromatic carbocycles. The average Bonchev–Trinajstić information content (AvgIpc) is 2.72. The monoisotopic (exact) mass is 212 g/mol. The summed E-state index contributed by atoms with van der Waals surface area (Å²) in [5.74, 6) is 1.69. The van der Waals surface area contributed by atoms with Crippen LogP contribution in [0.4, 0.5) is 0 Å². The number of carbonyl (C=O) groups is 1. The van der Waals surface area contributed by atoms with Gasteiger partial charge in [-0.15, -0.1) is 12.3 Å². The van der Waals surface area contributed by atoms with Crippen LogP contribution in [-0.4, -0.2) is 10.9 Å². The minimum absolute atomic E-state index is 0.335. The minimum atomic E-state index is -0.405. The molecular formula is C13H12N2O. The number of fused-ring (bicyclic) bond motifs is 1. The lowest BCUT2D eigenvalue weighted by Gasteiger charge is -2.10. The van der Waals surface area contributed by atoms with Gasteiger partial charge < -0.3 is 10.7 Å². The summed E-state index contributed by atoms with van der Waals surface area (Å²) < 4.78 is 0. The van der Waals surface area contributed by atoms with Gasteiger partial charge in [-0.3, -0.25) is 4.79 Å². The topological polar surface area (TPSA) is 58.9 Å². The Morgan fingerprint density at radius 2 is 2.31 bits per heavy atom. The third kappa shape index (κ3) is 1.78. The predicted molar refractivity (Wildman–Crippen MR) is 63.7 cm³/mol. The van der Waals surface area contributed by atoms with Crippen molar-refractivity contribution in [3.8, 4) is 12.3 Å². The van der Waals surface area contributed by atoms with Crippen LogP contribution in [0.1, 0.15) is 17.9 Å². The minimum Gasteiger partial charge on any atom is -0.369 e. The van der Waals surface area contributed by atoms with Crippen LogP contribution >= 0.6 is 0 Å². The van der Waals surface area contributed by atoms with E-state index in [1.54, 1.807) is 0 Å². The molecule has 0 fully saturated rings. The van der Waals surface area contributed by atoms with Gasteiger partial charge in [0.15, 0.2) is 0 Å². The number of H-pyrrole nitrogens is 1. The fourth-order valence-electron chi connectivity index (χ4n) is 1.78. The van der Waals surface area contributed by atoms with Crippen LogP contribution in [0.25, 0.3) is 10.9 Å². The van der Waals surface area contributed by atoms with Gasteiger partial charge in [-0.05, 0) is 23.1 Å². The Bertz CT molecular complexity index is 563. The van der Waals surface area contributed by atoms with Crippen LogP contribution in [0, 0.1) is 12.3 Å². The second kappa shape index (κ2) is 4.11. The van der Waals surface area contributed by atoms with Gasteiger partial charge in [-0.2, -0.15) is 0 Å². The maximum Gasteiger partial charge on any atom is 0.225 e. The molecule has 3 nitrogen and oxygen atoms in total. The first-order valence-corrected chi connectivity index (χ1v) is 5.02. The summed E-state index contributed by atoms with van der Waals surface area (Å²) in [4.78, 5) is 14.4. The molecule has 0 radical (unpaired) electrons. The van der Waals surface area contributed by atoms with Crippen LogP contribution in [0.3, 0.4) is 0 Å². The third-order valence-electron chi connectivity index (χ3n) is 2.65. The van der Waals surface area contributed by atoms with Crippen LogP contribution in [0.15, 0.2) is 30.5 Å². The van der Waals surface area contributed by atoms with Crippen molar-refractivity contribution < 1.29 is 4.79 Å². The molecule has 0 aliphatic rings. The molecule has 0 bridgehead atoms. The van der Waals surface area contributed by atoms with E-state index in [4.69, 9.17) is 12.2 Å². The molecule has 2 rings (SSSR count). The smallest absolute Gasteiger partial charge is 0.225 e.